The van der Waals surface area contributed by atoms with Gasteiger partial charge in [0, 0.05) is 30.6 Å². The van der Waals surface area contributed by atoms with E-state index in [0.29, 0.717) is 24.6 Å². The lowest BCUT2D eigenvalue weighted by molar-refractivity contribution is 0.0940. The van der Waals surface area contributed by atoms with Crippen molar-refractivity contribution >= 4 is 11.7 Å². The molecule has 0 fully saturated rings. The van der Waals surface area contributed by atoms with Crippen LogP contribution in [0.25, 0.3) is 0 Å². The minimum atomic E-state index is -0.124. The van der Waals surface area contributed by atoms with Crippen LogP contribution in [0.5, 0.6) is 11.5 Å². The van der Waals surface area contributed by atoms with E-state index in [2.05, 4.69) is 20.6 Å². The third kappa shape index (κ3) is 4.30. The van der Waals surface area contributed by atoms with Gasteiger partial charge in [-0.1, -0.05) is 13.8 Å². The fourth-order valence-electron chi connectivity index (χ4n) is 3.05. The van der Waals surface area contributed by atoms with Crippen LogP contribution in [0.4, 0.5) is 5.82 Å². The van der Waals surface area contributed by atoms with Crippen molar-refractivity contribution in [2.75, 3.05) is 32.6 Å². The van der Waals surface area contributed by atoms with Crippen molar-refractivity contribution in [1.82, 2.24) is 15.3 Å². The van der Waals surface area contributed by atoms with Gasteiger partial charge in [-0.15, -0.1) is 0 Å². The van der Waals surface area contributed by atoms with Gasteiger partial charge in [-0.2, -0.15) is 0 Å². The first kappa shape index (κ1) is 18.9. The van der Waals surface area contributed by atoms with Crippen molar-refractivity contribution in [1.29, 1.82) is 0 Å². The van der Waals surface area contributed by atoms with Gasteiger partial charge in [0.1, 0.15) is 28.8 Å². The number of methoxy groups -OCH3 is 2. The Hall–Kier alpha value is -2.83. The highest BCUT2D eigenvalue weighted by atomic mass is 16.5. The third-order valence-corrected chi connectivity index (χ3v) is 4.53. The molecule has 1 aromatic heterocycles. The first-order valence-corrected chi connectivity index (χ1v) is 9.16. The van der Waals surface area contributed by atoms with Gasteiger partial charge in [0.25, 0.3) is 5.91 Å². The van der Waals surface area contributed by atoms with E-state index in [-0.39, 0.29) is 11.8 Å². The second-order valence-electron chi connectivity index (χ2n) is 6.82. The van der Waals surface area contributed by atoms with E-state index in [9.17, 15) is 4.79 Å². The highest BCUT2D eigenvalue weighted by Crippen LogP contribution is 2.25. The molecule has 1 aliphatic heterocycles. The Labute approximate surface area is 159 Å². The summed E-state index contributed by atoms with van der Waals surface area (Å²) in [7, 11) is 3.28. The number of anilines is 1. The highest BCUT2D eigenvalue weighted by Gasteiger charge is 2.24. The molecular weight excluding hydrogens is 344 g/mol. The highest BCUT2D eigenvalue weighted by molar-refractivity contribution is 5.96. The molecule has 0 atom stereocenters. The first-order chi connectivity index (χ1) is 13.0. The number of ether oxygens (including phenoxy) is 2. The molecule has 0 spiro atoms. The summed E-state index contributed by atoms with van der Waals surface area (Å²) in [4.78, 5) is 21.3. The minimum absolute atomic E-state index is 0.124. The molecule has 7 heteroatoms. The predicted octanol–water partition coefficient (Wildman–Crippen LogP) is 2.56. The maximum absolute atomic E-state index is 12.2. The normalized spacial score (nSPS) is 13.1. The largest absolute Gasteiger partial charge is 0.497 e. The van der Waals surface area contributed by atoms with Crippen LogP contribution in [0.1, 0.15) is 47.2 Å². The Bertz CT molecular complexity index is 814. The summed E-state index contributed by atoms with van der Waals surface area (Å²) < 4.78 is 10.6. The van der Waals surface area contributed by atoms with Crippen molar-refractivity contribution in [2.24, 2.45) is 0 Å². The smallest absolute Gasteiger partial charge is 0.270 e. The number of fused-ring (bicyclic) bond motifs is 1. The third-order valence-electron chi connectivity index (χ3n) is 4.53. The van der Waals surface area contributed by atoms with E-state index < -0.39 is 0 Å². The number of hydrogen-bond acceptors (Lipinski definition) is 6. The van der Waals surface area contributed by atoms with Gasteiger partial charge < -0.3 is 20.1 Å². The number of benzene rings is 1. The van der Waals surface area contributed by atoms with Gasteiger partial charge in [0.05, 0.1) is 14.2 Å². The van der Waals surface area contributed by atoms with E-state index in [4.69, 9.17) is 9.47 Å². The van der Waals surface area contributed by atoms with Gasteiger partial charge in [-0.3, -0.25) is 4.79 Å². The molecule has 1 amide bonds. The van der Waals surface area contributed by atoms with Gasteiger partial charge in [0.15, 0.2) is 0 Å². The summed E-state index contributed by atoms with van der Waals surface area (Å²) in [6, 6.07) is 5.84. The number of carbonyl (C=O) groups excluding carboxylic acids is 1. The zero-order valence-electron chi connectivity index (χ0n) is 16.3. The summed E-state index contributed by atoms with van der Waals surface area (Å²) >= 11 is 0. The van der Waals surface area contributed by atoms with Crippen LogP contribution in [-0.4, -0.2) is 43.2 Å². The summed E-state index contributed by atoms with van der Waals surface area (Å²) in [5.74, 6) is 2.99. The molecule has 2 heterocycles. The molecule has 1 aromatic carbocycles. The van der Waals surface area contributed by atoms with E-state index in [1.165, 1.54) is 0 Å². The summed E-state index contributed by atoms with van der Waals surface area (Å²) in [5, 5.41) is 6.25. The molecule has 0 bridgehead atoms. The van der Waals surface area contributed by atoms with E-state index in [0.717, 1.165) is 41.3 Å². The molecular formula is C20H26N4O3. The molecule has 2 N–H and O–H groups in total. The van der Waals surface area contributed by atoms with Gasteiger partial charge in [0.2, 0.25) is 0 Å². The molecule has 0 radical (unpaired) electrons. The average Bonchev–Trinajstić information content (AvgIpc) is 2.68. The van der Waals surface area contributed by atoms with Crippen LogP contribution >= 0.6 is 0 Å². The number of aromatic nitrogens is 2. The average molecular weight is 370 g/mol. The summed E-state index contributed by atoms with van der Waals surface area (Å²) in [6.07, 6.45) is 1.50. The molecule has 0 unspecified atom stereocenters. The number of nitrogens with one attached hydrogen (secondary N) is 2. The minimum Gasteiger partial charge on any atom is -0.497 e. The Morgan fingerprint density at radius 3 is 2.48 bits per heavy atom. The quantitative estimate of drug-likeness (QED) is 0.779. The number of nitrogens with zero attached hydrogens (tertiary/aromatic N) is 2. The molecule has 3 rings (SSSR count). The molecule has 7 nitrogen and oxygen atoms in total. The van der Waals surface area contributed by atoms with Gasteiger partial charge in [-0.05, 0) is 30.5 Å². The second kappa shape index (κ2) is 8.24. The molecule has 0 aliphatic carbocycles. The number of amides is 1. The van der Waals surface area contributed by atoms with Crippen LogP contribution in [0, 0.1) is 0 Å². The lowest BCUT2D eigenvalue weighted by Gasteiger charge is -2.21. The molecule has 1 aliphatic rings. The number of carbonyl (C=O) groups is 1. The van der Waals surface area contributed by atoms with E-state index in [1.807, 2.05) is 32.0 Å². The Balaban J connectivity index is 1.79. The van der Waals surface area contributed by atoms with Crippen molar-refractivity contribution in [3.8, 4) is 11.5 Å². The van der Waals surface area contributed by atoms with Gasteiger partial charge >= 0.3 is 0 Å². The second-order valence-corrected chi connectivity index (χ2v) is 6.82. The molecule has 0 saturated carbocycles. The Morgan fingerprint density at radius 1 is 1.15 bits per heavy atom. The molecule has 27 heavy (non-hydrogen) atoms. The maximum atomic E-state index is 12.2. The Kier molecular flexibility index (Phi) is 5.78. The van der Waals surface area contributed by atoms with Crippen LogP contribution in [-0.2, 0) is 12.8 Å². The van der Waals surface area contributed by atoms with Crippen LogP contribution < -0.4 is 20.1 Å². The number of rotatable bonds is 7. The molecule has 2 aromatic rings. The van der Waals surface area contributed by atoms with Crippen molar-refractivity contribution in [3.05, 3.63) is 40.8 Å². The Morgan fingerprint density at radius 2 is 1.85 bits per heavy atom. The number of hydrogen-bond donors (Lipinski definition) is 2. The van der Waals surface area contributed by atoms with Gasteiger partial charge in [-0.25, -0.2) is 9.97 Å². The van der Waals surface area contributed by atoms with E-state index >= 15 is 0 Å². The maximum Gasteiger partial charge on any atom is 0.270 e. The molecule has 0 saturated heterocycles. The lowest BCUT2D eigenvalue weighted by atomic mass is 10.0. The topological polar surface area (TPSA) is 85.4 Å². The lowest BCUT2D eigenvalue weighted by Crippen LogP contribution is -2.34. The van der Waals surface area contributed by atoms with Crippen LogP contribution in [0.3, 0.4) is 0 Å². The first-order valence-electron chi connectivity index (χ1n) is 9.16. The van der Waals surface area contributed by atoms with Crippen molar-refractivity contribution in [3.63, 3.8) is 0 Å². The molecule has 144 valence electrons. The summed E-state index contributed by atoms with van der Waals surface area (Å²) in [5.41, 5.74) is 2.49. The van der Waals surface area contributed by atoms with E-state index in [1.54, 1.807) is 14.2 Å². The van der Waals surface area contributed by atoms with Crippen molar-refractivity contribution < 1.29 is 14.3 Å². The predicted molar refractivity (Wildman–Crippen MR) is 104 cm³/mol. The fourth-order valence-corrected chi connectivity index (χ4v) is 3.05. The van der Waals surface area contributed by atoms with Crippen molar-refractivity contribution in [2.45, 2.75) is 32.6 Å². The standard InChI is InChI=1S/C20H26N4O3/c1-12(2)18-23-17-16(6-8-22-20(17)25)19(24-18)21-7-5-13-9-14(26-3)11-15(10-13)27-4/h9-12H,5-8H2,1-4H3,(H,22,25)(H,21,23,24). The SMILES string of the molecule is COc1cc(CCNc2nc(C(C)C)nc3c2CCNC3=O)cc(OC)c1. The van der Waals surface area contributed by atoms with Crippen LogP contribution in [0.2, 0.25) is 0 Å². The van der Waals surface area contributed by atoms with Crippen LogP contribution in [0.15, 0.2) is 18.2 Å². The monoisotopic (exact) mass is 370 g/mol. The summed E-state index contributed by atoms with van der Waals surface area (Å²) in [6.45, 7) is 5.33. The fraction of sp³-hybridized carbons (Fsp3) is 0.450. The zero-order valence-corrected chi connectivity index (χ0v) is 16.3. The zero-order chi connectivity index (χ0) is 19.4.